The fourth-order valence-corrected chi connectivity index (χ4v) is 4.70. The van der Waals surface area contributed by atoms with E-state index in [0.717, 1.165) is 25.0 Å². The van der Waals surface area contributed by atoms with Crippen LogP contribution in [0.3, 0.4) is 0 Å². The van der Waals surface area contributed by atoms with Crippen molar-refractivity contribution in [3.05, 3.63) is 57.7 Å². The minimum Gasteiger partial charge on any atom is -0.465 e. The van der Waals surface area contributed by atoms with Crippen LogP contribution >= 0.6 is 0 Å². The van der Waals surface area contributed by atoms with Gasteiger partial charge in [0.05, 0.1) is 24.4 Å². The molecule has 5 N–H and O–H groups in total. The second-order valence-corrected chi connectivity index (χ2v) is 9.35. The van der Waals surface area contributed by atoms with Crippen molar-refractivity contribution in [2.75, 3.05) is 19.5 Å². The number of nitrogens with zero attached hydrogens (tertiary/aromatic N) is 2. The summed E-state index contributed by atoms with van der Waals surface area (Å²) in [5, 5.41) is 14.1. The number of hydrogen-bond donors (Lipinski definition) is 4. The van der Waals surface area contributed by atoms with E-state index in [2.05, 4.69) is 15.6 Å². The summed E-state index contributed by atoms with van der Waals surface area (Å²) in [7, 11) is 1.33. The van der Waals surface area contributed by atoms with Gasteiger partial charge in [0, 0.05) is 30.2 Å². The van der Waals surface area contributed by atoms with Gasteiger partial charge in [-0.2, -0.15) is 0 Å². The molecular formula is C26H25F2N5O6. The van der Waals surface area contributed by atoms with E-state index in [1.54, 1.807) is 23.6 Å². The Morgan fingerprint density at radius 1 is 1.26 bits per heavy atom. The molecule has 0 bridgehead atoms. The Bertz CT molecular complexity index is 1690. The number of fused-ring (bicyclic) bond motifs is 3. The number of carbonyl (C=O) groups excluding carboxylic acids is 1. The fraction of sp³-hybridized carbons (Fsp3) is 0.308. The van der Waals surface area contributed by atoms with Crippen molar-refractivity contribution in [2.24, 2.45) is 0 Å². The molecule has 4 aromatic rings. The molecule has 0 saturated heterocycles. The maximum atomic E-state index is 14.8. The van der Waals surface area contributed by atoms with Gasteiger partial charge < -0.3 is 35.2 Å². The highest BCUT2D eigenvalue weighted by Crippen LogP contribution is 2.41. The third kappa shape index (κ3) is 4.76. The Balaban J connectivity index is 1.59. The number of nitrogens with two attached hydrogens (primary N) is 1. The Kier molecular flexibility index (Phi) is 6.68. The summed E-state index contributed by atoms with van der Waals surface area (Å²) in [4.78, 5) is 41.3. The molecule has 1 aliphatic rings. The highest BCUT2D eigenvalue weighted by Gasteiger charge is 2.31. The van der Waals surface area contributed by atoms with Gasteiger partial charge in [0.1, 0.15) is 17.7 Å². The van der Waals surface area contributed by atoms with Crippen LogP contribution in [0.15, 0.2) is 33.5 Å². The molecule has 2 heterocycles. The highest BCUT2D eigenvalue weighted by atomic mass is 19.1. The first-order valence-corrected chi connectivity index (χ1v) is 12.1. The van der Waals surface area contributed by atoms with Crippen LogP contribution in [0, 0.1) is 18.6 Å². The number of pyridine rings is 1. The summed E-state index contributed by atoms with van der Waals surface area (Å²) in [6.45, 7) is 1.31. The maximum Gasteiger partial charge on any atom is 0.405 e. The Labute approximate surface area is 219 Å². The smallest absolute Gasteiger partial charge is 0.405 e. The predicted octanol–water partition coefficient (Wildman–Crippen LogP) is 3.21. The second-order valence-electron chi connectivity index (χ2n) is 9.35. The van der Waals surface area contributed by atoms with Crippen LogP contribution in [0.25, 0.3) is 33.1 Å². The molecule has 0 unspecified atom stereocenters. The third-order valence-electron chi connectivity index (χ3n) is 6.66. The lowest BCUT2D eigenvalue weighted by Crippen LogP contribution is -2.48. The first kappa shape index (κ1) is 26.1. The zero-order valence-corrected chi connectivity index (χ0v) is 21.0. The number of ether oxygens (including phenoxy) is 1. The molecule has 0 aliphatic heterocycles. The molecule has 13 heteroatoms. The Morgan fingerprint density at radius 3 is 2.67 bits per heavy atom. The molecule has 1 saturated carbocycles. The number of hydrogen-bond acceptors (Lipinski definition) is 7. The minimum absolute atomic E-state index is 0.0116. The molecule has 0 radical (unpaired) electrons. The molecule has 5 rings (SSSR count). The van der Waals surface area contributed by atoms with Crippen LogP contribution < -0.4 is 21.9 Å². The van der Waals surface area contributed by atoms with Gasteiger partial charge in [-0.05, 0) is 43.0 Å². The minimum atomic E-state index is -1.39. The fourth-order valence-electron chi connectivity index (χ4n) is 4.70. The number of nitrogens with one attached hydrogen (secondary N) is 2. The molecule has 1 atom stereocenters. The molecule has 204 valence electrons. The molecule has 2 aromatic heterocycles. The number of oxazole rings is 1. The van der Waals surface area contributed by atoms with Crippen LogP contribution in [0.4, 0.5) is 19.3 Å². The van der Waals surface area contributed by atoms with E-state index in [0.29, 0.717) is 22.0 Å². The summed E-state index contributed by atoms with van der Waals surface area (Å²) in [6, 6.07) is 3.98. The van der Waals surface area contributed by atoms with Crippen molar-refractivity contribution < 1.29 is 32.6 Å². The number of aryl methyl sites for hydroxylation is 1. The topological polar surface area (TPSA) is 162 Å². The summed E-state index contributed by atoms with van der Waals surface area (Å²) >= 11 is 0. The van der Waals surface area contributed by atoms with E-state index in [1.807, 2.05) is 0 Å². The molecule has 39 heavy (non-hydrogen) atoms. The number of methoxy groups -OCH3 is 1. The molecule has 2 amide bonds. The molecule has 1 fully saturated rings. The summed E-state index contributed by atoms with van der Waals surface area (Å²) < 4.78 is 41.4. The lowest BCUT2D eigenvalue weighted by Gasteiger charge is -2.16. The molecular weight excluding hydrogens is 516 g/mol. The van der Waals surface area contributed by atoms with Crippen molar-refractivity contribution in [3.8, 4) is 11.1 Å². The van der Waals surface area contributed by atoms with Crippen molar-refractivity contribution >= 4 is 39.7 Å². The number of aromatic nitrogens is 2. The van der Waals surface area contributed by atoms with Gasteiger partial charge in [-0.1, -0.05) is 6.07 Å². The van der Waals surface area contributed by atoms with E-state index >= 15 is 0 Å². The van der Waals surface area contributed by atoms with Crippen LogP contribution in [-0.2, 0) is 16.1 Å². The van der Waals surface area contributed by atoms with Crippen LogP contribution in [0.5, 0.6) is 0 Å². The Morgan fingerprint density at radius 2 is 2.00 bits per heavy atom. The van der Waals surface area contributed by atoms with E-state index in [4.69, 9.17) is 20.0 Å². The largest absolute Gasteiger partial charge is 0.465 e. The zero-order chi connectivity index (χ0) is 28.0. The number of benzene rings is 2. The molecule has 11 nitrogen and oxygen atoms in total. The van der Waals surface area contributed by atoms with Gasteiger partial charge >= 0.3 is 6.09 Å². The summed E-state index contributed by atoms with van der Waals surface area (Å²) in [5.74, 6) is -2.08. The first-order valence-electron chi connectivity index (χ1n) is 12.1. The second kappa shape index (κ2) is 9.98. The number of carbonyl (C=O) groups is 2. The number of rotatable bonds is 8. The van der Waals surface area contributed by atoms with Gasteiger partial charge in [-0.3, -0.25) is 9.59 Å². The van der Waals surface area contributed by atoms with Gasteiger partial charge in [0.15, 0.2) is 11.1 Å². The number of carboxylic acid groups (broad SMARTS) is 1. The quantitative estimate of drug-likeness (QED) is 0.247. The maximum absolute atomic E-state index is 14.8. The SMILES string of the molecule is COC[C@@H](NC(=O)O)C(=O)NCc1nc2c(=O)n(C3CC3)c3c(C)c(-c4cc(F)c(N)cc4F)ccc3c2o1. The average Bonchev–Trinajstić information content (AvgIpc) is 3.62. The van der Waals surface area contributed by atoms with Gasteiger partial charge in [-0.25, -0.2) is 18.6 Å². The van der Waals surface area contributed by atoms with Crippen molar-refractivity contribution in [2.45, 2.75) is 38.4 Å². The molecule has 0 spiro atoms. The van der Waals surface area contributed by atoms with Gasteiger partial charge in [0.25, 0.3) is 5.56 Å². The lowest BCUT2D eigenvalue weighted by molar-refractivity contribution is -0.124. The highest BCUT2D eigenvalue weighted by molar-refractivity contribution is 6.04. The summed E-state index contributed by atoms with van der Waals surface area (Å²) in [6.07, 6.45) is 0.151. The number of nitrogen functional groups attached to an aromatic ring is 1. The molecule has 1 aliphatic carbocycles. The number of amides is 2. The summed E-state index contributed by atoms with van der Waals surface area (Å²) in [5.41, 5.74) is 6.52. The normalized spacial score (nSPS) is 14.1. The zero-order valence-electron chi connectivity index (χ0n) is 21.0. The van der Waals surface area contributed by atoms with Crippen molar-refractivity contribution in [1.29, 1.82) is 0 Å². The predicted molar refractivity (Wildman–Crippen MR) is 137 cm³/mol. The van der Waals surface area contributed by atoms with E-state index < -0.39 is 35.2 Å². The van der Waals surface area contributed by atoms with Crippen molar-refractivity contribution in [3.63, 3.8) is 0 Å². The van der Waals surface area contributed by atoms with E-state index in [9.17, 15) is 23.2 Å². The monoisotopic (exact) mass is 541 g/mol. The lowest BCUT2D eigenvalue weighted by atomic mass is 9.96. The molecule has 2 aromatic carbocycles. The number of anilines is 1. The van der Waals surface area contributed by atoms with Gasteiger partial charge in [0.2, 0.25) is 11.8 Å². The van der Waals surface area contributed by atoms with Crippen molar-refractivity contribution in [1.82, 2.24) is 20.2 Å². The Hall–Kier alpha value is -4.52. The van der Waals surface area contributed by atoms with Crippen LogP contribution in [-0.4, -0.2) is 46.4 Å². The van der Waals surface area contributed by atoms with E-state index in [1.165, 1.54) is 7.11 Å². The average molecular weight is 542 g/mol. The van der Waals surface area contributed by atoms with Crippen LogP contribution in [0.1, 0.15) is 30.3 Å². The third-order valence-corrected chi connectivity index (χ3v) is 6.66. The first-order chi connectivity index (χ1) is 18.6. The standard InChI is InChI=1S/C26H25F2N5O6/c1-11-13(15-7-17(28)18(29)8-16(15)27)5-6-14-22(11)33(12-3-4-12)25(35)21-23(14)39-20(32-21)9-30-24(34)19(10-38-2)31-26(36)37/h5-8,12,19,31H,3-4,9-10,29H2,1-2H3,(H,30,34)(H,36,37)/t19-/m1/s1. The number of halogens is 2. The van der Waals surface area contributed by atoms with Crippen LogP contribution in [0.2, 0.25) is 0 Å². The van der Waals surface area contributed by atoms with E-state index in [-0.39, 0.29) is 47.4 Å². The van der Waals surface area contributed by atoms with Gasteiger partial charge in [-0.15, -0.1) is 0 Å².